The number of methoxy groups -OCH3 is 1. The van der Waals surface area contributed by atoms with Crippen molar-refractivity contribution in [2.24, 2.45) is 0 Å². The molecule has 0 saturated carbocycles. The molecule has 0 bridgehead atoms. The summed E-state index contributed by atoms with van der Waals surface area (Å²) in [4.78, 5) is 23.2. The third kappa shape index (κ3) is 4.03. The standard InChI is InChI=1S/C17H13ClN2O4/c1-10(21)20-13-5-3-12(4-6-13)17(22)24-16-14(18)7-11(9-19)8-15(16)23-2/h3-8H,1-2H3,(H,20,21). The average molecular weight is 345 g/mol. The molecule has 0 aromatic heterocycles. The lowest BCUT2D eigenvalue weighted by Gasteiger charge is -2.11. The maximum absolute atomic E-state index is 12.2. The number of nitriles is 1. The van der Waals surface area contributed by atoms with Gasteiger partial charge in [-0.25, -0.2) is 4.79 Å². The fourth-order valence-corrected chi connectivity index (χ4v) is 2.18. The number of ether oxygens (including phenoxy) is 2. The van der Waals surface area contributed by atoms with E-state index >= 15 is 0 Å². The molecule has 0 radical (unpaired) electrons. The van der Waals surface area contributed by atoms with Gasteiger partial charge >= 0.3 is 5.97 Å². The van der Waals surface area contributed by atoms with Crippen molar-refractivity contribution in [1.82, 2.24) is 0 Å². The molecule has 0 aliphatic rings. The molecule has 0 aliphatic heterocycles. The van der Waals surface area contributed by atoms with E-state index in [1.807, 2.05) is 6.07 Å². The fourth-order valence-electron chi connectivity index (χ4n) is 1.93. The molecule has 1 N–H and O–H groups in total. The van der Waals surface area contributed by atoms with Crippen LogP contribution in [0.15, 0.2) is 36.4 Å². The zero-order valence-corrected chi connectivity index (χ0v) is 13.7. The van der Waals surface area contributed by atoms with Crippen molar-refractivity contribution in [3.8, 4) is 17.6 Å². The molecule has 0 saturated heterocycles. The third-order valence-corrected chi connectivity index (χ3v) is 3.28. The van der Waals surface area contributed by atoms with Crippen LogP contribution in [0.2, 0.25) is 5.02 Å². The predicted molar refractivity (Wildman–Crippen MR) is 88.4 cm³/mol. The SMILES string of the molecule is COc1cc(C#N)cc(Cl)c1OC(=O)c1ccc(NC(C)=O)cc1. The summed E-state index contributed by atoms with van der Waals surface area (Å²) in [6, 6.07) is 10.9. The van der Waals surface area contributed by atoms with Crippen LogP contribution in [0.4, 0.5) is 5.69 Å². The van der Waals surface area contributed by atoms with Gasteiger partial charge in [0.15, 0.2) is 11.5 Å². The van der Waals surface area contributed by atoms with E-state index in [0.717, 1.165) is 0 Å². The molecule has 6 nitrogen and oxygen atoms in total. The van der Waals surface area contributed by atoms with E-state index in [1.165, 1.54) is 38.3 Å². The Labute approximate surface area is 143 Å². The smallest absolute Gasteiger partial charge is 0.343 e. The van der Waals surface area contributed by atoms with E-state index in [4.69, 9.17) is 26.3 Å². The number of halogens is 1. The van der Waals surface area contributed by atoms with Gasteiger partial charge in [-0.1, -0.05) is 11.6 Å². The predicted octanol–water partition coefficient (Wildman–Crippen LogP) is 3.40. The van der Waals surface area contributed by atoms with Gasteiger partial charge in [0.2, 0.25) is 5.91 Å². The second kappa shape index (κ2) is 7.49. The summed E-state index contributed by atoms with van der Waals surface area (Å²) in [5.41, 5.74) is 1.12. The summed E-state index contributed by atoms with van der Waals surface area (Å²) in [6.45, 7) is 1.39. The van der Waals surface area contributed by atoms with Crippen LogP contribution in [-0.2, 0) is 4.79 Å². The van der Waals surface area contributed by atoms with Gasteiger partial charge in [-0.15, -0.1) is 0 Å². The molecule has 0 fully saturated rings. The number of rotatable bonds is 4. The second-order valence-corrected chi connectivity index (χ2v) is 5.16. The lowest BCUT2D eigenvalue weighted by molar-refractivity contribution is -0.114. The first-order valence-electron chi connectivity index (χ1n) is 6.82. The number of nitrogens with one attached hydrogen (secondary N) is 1. The number of hydrogen-bond donors (Lipinski definition) is 1. The summed E-state index contributed by atoms with van der Waals surface area (Å²) in [6.07, 6.45) is 0. The molecule has 0 unspecified atom stereocenters. The van der Waals surface area contributed by atoms with Crippen molar-refractivity contribution in [2.45, 2.75) is 6.92 Å². The Morgan fingerprint density at radius 3 is 2.42 bits per heavy atom. The maximum Gasteiger partial charge on any atom is 0.343 e. The van der Waals surface area contributed by atoms with Crippen molar-refractivity contribution in [2.75, 3.05) is 12.4 Å². The van der Waals surface area contributed by atoms with Crippen LogP contribution in [0.5, 0.6) is 11.5 Å². The van der Waals surface area contributed by atoms with Gasteiger partial charge in [0.1, 0.15) is 0 Å². The first-order chi connectivity index (χ1) is 11.4. The van der Waals surface area contributed by atoms with Crippen molar-refractivity contribution in [1.29, 1.82) is 5.26 Å². The van der Waals surface area contributed by atoms with Gasteiger partial charge in [0.05, 0.1) is 29.3 Å². The van der Waals surface area contributed by atoms with E-state index in [0.29, 0.717) is 5.69 Å². The first-order valence-corrected chi connectivity index (χ1v) is 7.20. The van der Waals surface area contributed by atoms with Gasteiger partial charge in [-0.05, 0) is 30.3 Å². The van der Waals surface area contributed by atoms with Crippen molar-refractivity contribution in [3.63, 3.8) is 0 Å². The van der Waals surface area contributed by atoms with E-state index in [-0.39, 0.29) is 33.6 Å². The minimum Gasteiger partial charge on any atom is -0.493 e. The Morgan fingerprint density at radius 1 is 1.21 bits per heavy atom. The van der Waals surface area contributed by atoms with E-state index < -0.39 is 5.97 Å². The number of carbonyl (C=O) groups is 2. The average Bonchev–Trinajstić information content (AvgIpc) is 2.56. The molecule has 0 heterocycles. The van der Waals surface area contributed by atoms with Crippen LogP contribution in [0.25, 0.3) is 0 Å². The van der Waals surface area contributed by atoms with Gasteiger partial charge in [0, 0.05) is 18.7 Å². The van der Waals surface area contributed by atoms with Gasteiger partial charge < -0.3 is 14.8 Å². The third-order valence-electron chi connectivity index (χ3n) is 2.99. The molecule has 2 aromatic rings. The van der Waals surface area contributed by atoms with Crippen LogP contribution in [0, 0.1) is 11.3 Å². The Morgan fingerprint density at radius 2 is 1.88 bits per heavy atom. The largest absolute Gasteiger partial charge is 0.493 e. The summed E-state index contributed by atoms with van der Waals surface area (Å²) < 4.78 is 10.4. The van der Waals surface area contributed by atoms with Crippen molar-refractivity contribution < 1.29 is 19.1 Å². The molecule has 0 atom stereocenters. The van der Waals surface area contributed by atoms with Crippen LogP contribution in [0.1, 0.15) is 22.8 Å². The molecule has 2 aromatic carbocycles. The number of hydrogen-bond acceptors (Lipinski definition) is 5. The number of esters is 1. The normalized spacial score (nSPS) is 9.75. The van der Waals surface area contributed by atoms with Gasteiger partial charge in [-0.3, -0.25) is 4.79 Å². The molecule has 1 amide bonds. The second-order valence-electron chi connectivity index (χ2n) is 4.75. The minimum atomic E-state index is -0.644. The topological polar surface area (TPSA) is 88.4 Å². The molecule has 24 heavy (non-hydrogen) atoms. The monoisotopic (exact) mass is 344 g/mol. The summed E-state index contributed by atoms with van der Waals surface area (Å²) in [5.74, 6) is -0.634. The summed E-state index contributed by atoms with van der Waals surface area (Å²) >= 11 is 6.05. The van der Waals surface area contributed by atoms with E-state index in [1.54, 1.807) is 12.1 Å². The molecule has 2 rings (SSSR count). The Bertz CT molecular complexity index is 826. The Hall–Kier alpha value is -3.04. The quantitative estimate of drug-likeness (QED) is 0.678. The Kier molecular flexibility index (Phi) is 5.40. The summed E-state index contributed by atoms with van der Waals surface area (Å²) in [5, 5.41) is 11.6. The first kappa shape index (κ1) is 17.3. The maximum atomic E-state index is 12.2. The summed E-state index contributed by atoms with van der Waals surface area (Å²) in [7, 11) is 1.38. The molecule has 122 valence electrons. The van der Waals surface area contributed by atoms with Crippen molar-refractivity contribution >= 4 is 29.2 Å². The van der Waals surface area contributed by atoms with Crippen LogP contribution >= 0.6 is 11.6 Å². The van der Waals surface area contributed by atoms with Gasteiger partial charge in [-0.2, -0.15) is 5.26 Å². The minimum absolute atomic E-state index is 0.0362. The highest BCUT2D eigenvalue weighted by molar-refractivity contribution is 6.32. The molecular formula is C17H13ClN2O4. The highest BCUT2D eigenvalue weighted by Crippen LogP contribution is 2.36. The highest BCUT2D eigenvalue weighted by atomic mass is 35.5. The van der Waals surface area contributed by atoms with Crippen LogP contribution in [0.3, 0.4) is 0 Å². The molecule has 0 aliphatic carbocycles. The number of anilines is 1. The molecular weight excluding hydrogens is 332 g/mol. The van der Waals surface area contributed by atoms with Crippen LogP contribution < -0.4 is 14.8 Å². The van der Waals surface area contributed by atoms with Crippen LogP contribution in [-0.4, -0.2) is 19.0 Å². The van der Waals surface area contributed by atoms with Gasteiger partial charge in [0.25, 0.3) is 0 Å². The van der Waals surface area contributed by atoms with E-state index in [2.05, 4.69) is 5.32 Å². The zero-order valence-electron chi connectivity index (χ0n) is 12.9. The molecule has 0 spiro atoms. The number of carbonyl (C=O) groups excluding carboxylic acids is 2. The lowest BCUT2D eigenvalue weighted by atomic mass is 10.2. The molecule has 7 heteroatoms. The van der Waals surface area contributed by atoms with Crippen molar-refractivity contribution in [3.05, 3.63) is 52.5 Å². The number of nitrogens with zero attached hydrogens (tertiary/aromatic N) is 1. The highest BCUT2D eigenvalue weighted by Gasteiger charge is 2.17. The lowest BCUT2D eigenvalue weighted by Crippen LogP contribution is -2.10. The Balaban J connectivity index is 2.24. The number of benzene rings is 2. The van der Waals surface area contributed by atoms with E-state index in [9.17, 15) is 9.59 Å². The zero-order chi connectivity index (χ0) is 17.7. The number of amides is 1. The fraction of sp³-hybridized carbons (Fsp3) is 0.118.